The number of H-pyrrole nitrogens is 1. The van der Waals surface area contributed by atoms with Gasteiger partial charge in [-0.1, -0.05) is 17.7 Å². The summed E-state index contributed by atoms with van der Waals surface area (Å²) in [7, 11) is 1.65. The summed E-state index contributed by atoms with van der Waals surface area (Å²) >= 11 is 1.70. The Balaban J connectivity index is 1.65. The molecule has 2 atom stereocenters. The SMILES string of the molecule is COCCn1nnnc1C(c1cc2cc(C)ccc2[nH]c1=O)N(Cc1cccs1)CC1CCCO1. The maximum absolute atomic E-state index is 13.5. The summed E-state index contributed by atoms with van der Waals surface area (Å²) in [4.78, 5) is 20.1. The van der Waals surface area contributed by atoms with Gasteiger partial charge in [-0.05, 0) is 65.2 Å². The highest BCUT2D eigenvalue weighted by atomic mass is 32.1. The van der Waals surface area contributed by atoms with Crippen LogP contribution in [0.15, 0.2) is 46.6 Å². The number of nitrogens with one attached hydrogen (secondary N) is 1. The van der Waals surface area contributed by atoms with E-state index < -0.39 is 6.04 Å². The number of aromatic nitrogens is 5. The largest absolute Gasteiger partial charge is 0.383 e. The van der Waals surface area contributed by atoms with E-state index >= 15 is 0 Å². The highest BCUT2D eigenvalue weighted by Gasteiger charge is 2.33. The van der Waals surface area contributed by atoms with Gasteiger partial charge < -0.3 is 14.5 Å². The molecule has 9 nitrogen and oxygen atoms in total. The topological polar surface area (TPSA) is 98.2 Å². The zero-order valence-corrected chi connectivity index (χ0v) is 20.8. The van der Waals surface area contributed by atoms with Gasteiger partial charge in [0.1, 0.15) is 6.04 Å². The first kappa shape index (κ1) is 23.8. The Bertz CT molecular complexity index is 1310. The molecular weight excluding hydrogens is 464 g/mol. The number of thiophene rings is 1. The van der Waals surface area contributed by atoms with Crippen LogP contribution >= 0.6 is 11.3 Å². The van der Waals surface area contributed by atoms with Gasteiger partial charge in [0.2, 0.25) is 0 Å². The molecule has 1 saturated heterocycles. The molecule has 4 aromatic rings. The maximum atomic E-state index is 13.5. The molecule has 1 aromatic carbocycles. The Hall–Kier alpha value is -2.92. The molecule has 4 heterocycles. The van der Waals surface area contributed by atoms with Crippen LogP contribution < -0.4 is 5.56 Å². The lowest BCUT2D eigenvalue weighted by Crippen LogP contribution is -2.39. The van der Waals surface area contributed by atoms with E-state index in [0.29, 0.717) is 37.6 Å². The first-order valence-corrected chi connectivity index (χ1v) is 12.8. The minimum atomic E-state index is -0.457. The summed E-state index contributed by atoms with van der Waals surface area (Å²) in [6, 6.07) is 11.7. The molecule has 35 heavy (non-hydrogen) atoms. The van der Waals surface area contributed by atoms with Crippen molar-refractivity contribution in [3.8, 4) is 0 Å². The molecule has 10 heteroatoms. The third-order valence-corrected chi connectivity index (χ3v) is 7.26. The molecule has 1 fully saturated rings. The molecule has 2 unspecified atom stereocenters. The van der Waals surface area contributed by atoms with Crippen molar-refractivity contribution in [3.05, 3.63) is 74.0 Å². The molecule has 0 saturated carbocycles. The second-order valence-electron chi connectivity index (χ2n) is 8.94. The molecule has 1 aliphatic heterocycles. The average molecular weight is 495 g/mol. The molecule has 0 aliphatic carbocycles. The summed E-state index contributed by atoms with van der Waals surface area (Å²) in [5.41, 5.74) is 2.42. The van der Waals surface area contributed by atoms with Crippen molar-refractivity contribution in [1.29, 1.82) is 0 Å². The Labute approximate surface area is 207 Å². The smallest absolute Gasteiger partial charge is 0.253 e. The Morgan fingerprint density at radius 2 is 2.26 bits per heavy atom. The van der Waals surface area contributed by atoms with Crippen molar-refractivity contribution in [3.63, 3.8) is 0 Å². The summed E-state index contributed by atoms with van der Waals surface area (Å²) < 4.78 is 13.0. The standard InChI is InChI=1S/C25H30N6O3S/c1-17-7-8-22-18(13-17)14-21(25(32)26-22)23(24-27-28-29-31(24)9-11-33-2)30(15-19-5-3-10-34-19)16-20-6-4-12-35-20/h4,6-8,12-14,19,23H,3,5,9-11,15-16H2,1-2H3,(H,26,32). The molecule has 1 N–H and O–H groups in total. The van der Waals surface area contributed by atoms with Crippen molar-refractivity contribution in [1.82, 2.24) is 30.1 Å². The molecule has 0 amide bonds. The number of tetrazole rings is 1. The quantitative estimate of drug-likeness (QED) is 0.361. The van der Waals surface area contributed by atoms with Crippen LogP contribution in [0.1, 0.15) is 40.7 Å². The number of aromatic amines is 1. The fourth-order valence-corrected chi connectivity index (χ4v) is 5.43. The number of ether oxygens (including phenoxy) is 2. The van der Waals surface area contributed by atoms with Gasteiger partial charge in [0.05, 0.1) is 19.3 Å². The number of pyridine rings is 1. The number of hydrogen-bond acceptors (Lipinski definition) is 8. The Kier molecular flexibility index (Phi) is 7.33. The van der Waals surface area contributed by atoms with Crippen LogP contribution in [-0.2, 0) is 22.6 Å². The Morgan fingerprint density at radius 1 is 1.34 bits per heavy atom. The van der Waals surface area contributed by atoms with E-state index in [0.717, 1.165) is 35.9 Å². The number of methoxy groups -OCH3 is 1. The zero-order valence-electron chi connectivity index (χ0n) is 20.0. The van der Waals surface area contributed by atoms with Gasteiger partial charge in [0.25, 0.3) is 5.56 Å². The molecule has 184 valence electrons. The lowest BCUT2D eigenvalue weighted by molar-refractivity contribution is 0.0573. The van der Waals surface area contributed by atoms with Gasteiger partial charge in [-0.25, -0.2) is 4.68 Å². The molecule has 3 aromatic heterocycles. The minimum Gasteiger partial charge on any atom is -0.383 e. The summed E-state index contributed by atoms with van der Waals surface area (Å²) in [5.74, 6) is 0.620. The van der Waals surface area contributed by atoms with Crippen LogP contribution in [0.2, 0.25) is 0 Å². The van der Waals surface area contributed by atoms with Gasteiger partial charge in [-0.3, -0.25) is 9.69 Å². The molecule has 5 rings (SSSR count). The van der Waals surface area contributed by atoms with Crippen LogP contribution in [-0.4, -0.2) is 63.1 Å². The van der Waals surface area contributed by atoms with Gasteiger partial charge >= 0.3 is 0 Å². The molecule has 0 radical (unpaired) electrons. The third kappa shape index (κ3) is 5.35. The minimum absolute atomic E-state index is 0.0996. The second kappa shape index (κ2) is 10.8. The van der Waals surface area contributed by atoms with Gasteiger partial charge in [0, 0.05) is 42.8 Å². The number of rotatable bonds is 10. The predicted molar refractivity (Wildman–Crippen MR) is 135 cm³/mol. The predicted octanol–water partition coefficient (Wildman–Crippen LogP) is 3.30. The third-order valence-electron chi connectivity index (χ3n) is 6.40. The van der Waals surface area contributed by atoms with E-state index in [1.54, 1.807) is 23.1 Å². The van der Waals surface area contributed by atoms with Gasteiger partial charge in [0.15, 0.2) is 5.82 Å². The lowest BCUT2D eigenvalue weighted by Gasteiger charge is -2.32. The number of benzene rings is 1. The van der Waals surface area contributed by atoms with Crippen molar-refractivity contribution < 1.29 is 9.47 Å². The van der Waals surface area contributed by atoms with Gasteiger partial charge in [-0.15, -0.1) is 16.4 Å². The Morgan fingerprint density at radius 3 is 3.03 bits per heavy atom. The molecular formula is C25H30N6O3S. The second-order valence-corrected chi connectivity index (χ2v) is 9.98. The van der Waals surface area contributed by atoms with Crippen molar-refractivity contribution in [2.45, 2.75) is 45.0 Å². The highest BCUT2D eigenvalue weighted by Crippen LogP contribution is 2.31. The number of hydrogen-bond donors (Lipinski definition) is 1. The number of aryl methyl sites for hydroxylation is 1. The lowest BCUT2D eigenvalue weighted by atomic mass is 10.0. The molecule has 0 spiro atoms. The number of fused-ring (bicyclic) bond motifs is 1. The highest BCUT2D eigenvalue weighted by molar-refractivity contribution is 7.09. The number of nitrogens with zero attached hydrogens (tertiary/aromatic N) is 5. The summed E-state index contributed by atoms with van der Waals surface area (Å²) in [5, 5.41) is 15.7. The van der Waals surface area contributed by atoms with Crippen LogP contribution in [0, 0.1) is 6.92 Å². The monoisotopic (exact) mass is 494 g/mol. The maximum Gasteiger partial charge on any atom is 0.253 e. The average Bonchev–Trinajstić information content (AvgIpc) is 3.62. The summed E-state index contributed by atoms with van der Waals surface area (Å²) in [6.07, 6.45) is 2.14. The van der Waals surface area contributed by atoms with E-state index in [4.69, 9.17) is 9.47 Å². The van der Waals surface area contributed by atoms with Crippen LogP contribution in [0.25, 0.3) is 10.9 Å². The van der Waals surface area contributed by atoms with E-state index in [-0.39, 0.29) is 11.7 Å². The fraction of sp³-hybridized carbons (Fsp3) is 0.440. The van der Waals surface area contributed by atoms with E-state index in [1.807, 2.05) is 31.2 Å². The summed E-state index contributed by atoms with van der Waals surface area (Å²) in [6.45, 7) is 5.11. The van der Waals surface area contributed by atoms with Crippen molar-refractivity contribution >= 4 is 22.2 Å². The van der Waals surface area contributed by atoms with Crippen LogP contribution in [0.4, 0.5) is 0 Å². The zero-order chi connectivity index (χ0) is 24.2. The normalized spacial score (nSPS) is 16.9. The molecule has 1 aliphatic rings. The first-order valence-electron chi connectivity index (χ1n) is 11.9. The molecule has 0 bridgehead atoms. The van der Waals surface area contributed by atoms with Crippen LogP contribution in [0.5, 0.6) is 0 Å². The van der Waals surface area contributed by atoms with E-state index in [1.165, 1.54) is 4.88 Å². The van der Waals surface area contributed by atoms with E-state index in [9.17, 15) is 4.79 Å². The van der Waals surface area contributed by atoms with E-state index in [2.05, 4.69) is 42.9 Å². The first-order chi connectivity index (χ1) is 17.1. The van der Waals surface area contributed by atoms with Gasteiger partial charge in [-0.2, -0.15) is 0 Å². The van der Waals surface area contributed by atoms with Crippen LogP contribution in [0.3, 0.4) is 0 Å². The fourth-order valence-electron chi connectivity index (χ4n) is 4.70. The van der Waals surface area contributed by atoms with Crippen molar-refractivity contribution in [2.75, 3.05) is 26.9 Å². The van der Waals surface area contributed by atoms with Crippen molar-refractivity contribution in [2.24, 2.45) is 0 Å².